The second-order valence-electron chi connectivity index (χ2n) is 13.1. The molecule has 0 aliphatic heterocycles. The highest BCUT2D eigenvalue weighted by atomic mass is 16.3. The lowest BCUT2D eigenvalue weighted by Crippen LogP contribution is -2.03. The van der Waals surface area contributed by atoms with Gasteiger partial charge in [-0.3, -0.25) is 0 Å². The van der Waals surface area contributed by atoms with E-state index in [2.05, 4.69) is 140 Å². The van der Waals surface area contributed by atoms with Gasteiger partial charge in [-0.25, -0.2) is 0 Å². The third-order valence-corrected chi connectivity index (χ3v) is 11.1. The van der Waals surface area contributed by atoms with Gasteiger partial charge in [-0.1, -0.05) is 66.7 Å². The zero-order valence-electron chi connectivity index (χ0n) is 27.5. The zero-order valence-corrected chi connectivity index (χ0v) is 27.5. The molecule has 0 saturated carbocycles. The molecule has 0 N–H and O–H groups in total. The standard InChI is InChI=1S/C44H38O/c1-23-25(3)29(7)40-38(27(23)5)42(31-15-10-9-11-16-31)39-28(6)24(2)26(4)30(8)41(39)44(40)34-19-14-20-36-43(34)35-21-32-17-12-13-18-33(32)22-37(35)45-36/h9-22H,1-8H3. The maximum absolute atomic E-state index is 6.63. The van der Waals surface area contributed by atoms with Crippen molar-refractivity contribution in [2.24, 2.45) is 0 Å². The molecule has 1 heteroatoms. The molecule has 0 aliphatic rings. The van der Waals surface area contributed by atoms with Crippen LogP contribution in [0.2, 0.25) is 0 Å². The molecule has 0 amide bonds. The molecule has 1 nitrogen and oxygen atoms in total. The summed E-state index contributed by atoms with van der Waals surface area (Å²) in [5.74, 6) is 0. The molecule has 45 heavy (non-hydrogen) atoms. The van der Waals surface area contributed by atoms with Crippen molar-refractivity contribution < 1.29 is 4.42 Å². The largest absolute Gasteiger partial charge is 0.456 e. The molecule has 1 heterocycles. The fourth-order valence-corrected chi connectivity index (χ4v) is 8.01. The number of fused-ring (bicyclic) bond motifs is 6. The van der Waals surface area contributed by atoms with Crippen molar-refractivity contribution in [3.63, 3.8) is 0 Å². The second-order valence-corrected chi connectivity index (χ2v) is 13.1. The lowest BCUT2D eigenvalue weighted by Gasteiger charge is -2.27. The number of furan rings is 1. The summed E-state index contributed by atoms with van der Waals surface area (Å²) in [6.45, 7) is 18.5. The van der Waals surface area contributed by atoms with Crippen LogP contribution in [0.5, 0.6) is 0 Å². The van der Waals surface area contributed by atoms with Crippen molar-refractivity contribution in [2.45, 2.75) is 55.4 Å². The lowest BCUT2D eigenvalue weighted by atomic mass is 9.76. The molecular formula is C44H38O. The number of hydrogen-bond acceptors (Lipinski definition) is 1. The van der Waals surface area contributed by atoms with E-state index in [0.29, 0.717) is 0 Å². The second kappa shape index (κ2) is 9.81. The van der Waals surface area contributed by atoms with E-state index >= 15 is 0 Å². The van der Waals surface area contributed by atoms with Crippen molar-refractivity contribution in [2.75, 3.05) is 0 Å². The smallest absolute Gasteiger partial charge is 0.136 e. The Morgan fingerprint density at radius 1 is 0.378 bits per heavy atom. The quantitative estimate of drug-likeness (QED) is 0.185. The van der Waals surface area contributed by atoms with Crippen LogP contribution in [0.3, 0.4) is 0 Å². The van der Waals surface area contributed by atoms with Gasteiger partial charge in [0.1, 0.15) is 11.2 Å². The van der Waals surface area contributed by atoms with Gasteiger partial charge in [0, 0.05) is 10.8 Å². The van der Waals surface area contributed by atoms with E-state index in [1.807, 2.05) is 0 Å². The average Bonchev–Trinajstić information content (AvgIpc) is 3.43. The Bertz CT molecular complexity index is 2460. The number of rotatable bonds is 2. The van der Waals surface area contributed by atoms with Crippen LogP contribution in [0.1, 0.15) is 44.5 Å². The lowest BCUT2D eigenvalue weighted by molar-refractivity contribution is 0.669. The molecule has 0 unspecified atom stereocenters. The van der Waals surface area contributed by atoms with Crippen LogP contribution in [0, 0.1) is 55.4 Å². The molecule has 0 atom stereocenters. The van der Waals surface area contributed by atoms with Crippen LogP contribution in [0.15, 0.2) is 89.3 Å². The van der Waals surface area contributed by atoms with Gasteiger partial charge in [0.25, 0.3) is 0 Å². The van der Waals surface area contributed by atoms with Crippen molar-refractivity contribution in [3.8, 4) is 22.3 Å². The van der Waals surface area contributed by atoms with Crippen LogP contribution in [0.4, 0.5) is 0 Å². The Morgan fingerprint density at radius 2 is 0.867 bits per heavy atom. The van der Waals surface area contributed by atoms with Crippen LogP contribution in [0.25, 0.3) is 76.5 Å². The summed E-state index contributed by atoms with van der Waals surface area (Å²) in [5.41, 5.74) is 18.0. The Hall–Kier alpha value is -4.88. The van der Waals surface area contributed by atoms with Gasteiger partial charge in [-0.05, 0) is 173 Å². The van der Waals surface area contributed by atoms with Gasteiger partial charge in [0.05, 0.1) is 0 Å². The summed E-state index contributed by atoms with van der Waals surface area (Å²) in [6, 6.07) is 30.8. The minimum atomic E-state index is 0.933. The summed E-state index contributed by atoms with van der Waals surface area (Å²) >= 11 is 0. The molecule has 7 aromatic carbocycles. The molecular weight excluding hydrogens is 544 g/mol. The van der Waals surface area contributed by atoms with Crippen molar-refractivity contribution >= 4 is 54.3 Å². The molecule has 220 valence electrons. The van der Waals surface area contributed by atoms with Crippen LogP contribution in [-0.2, 0) is 0 Å². The van der Waals surface area contributed by atoms with E-state index in [0.717, 1.165) is 11.2 Å². The van der Waals surface area contributed by atoms with Crippen molar-refractivity contribution in [3.05, 3.63) is 129 Å². The molecule has 0 saturated heterocycles. The fourth-order valence-electron chi connectivity index (χ4n) is 8.01. The first-order chi connectivity index (χ1) is 21.7. The molecule has 8 rings (SSSR count). The summed E-state index contributed by atoms with van der Waals surface area (Å²) < 4.78 is 6.63. The van der Waals surface area contributed by atoms with E-state index in [1.165, 1.54) is 110 Å². The van der Waals surface area contributed by atoms with Crippen molar-refractivity contribution in [1.29, 1.82) is 0 Å². The van der Waals surface area contributed by atoms with Crippen molar-refractivity contribution in [1.82, 2.24) is 0 Å². The topological polar surface area (TPSA) is 13.1 Å². The van der Waals surface area contributed by atoms with Crippen LogP contribution < -0.4 is 0 Å². The van der Waals surface area contributed by atoms with Gasteiger partial charge in [-0.2, -0.15) is 0 Å². The first-order valence-electron chi connectivity index (χ1n) is 16.0. The minimum absolute atomic E-state index is 0.933. The summed E-state index contributed by atoms with van der Waals surface area (Å²) in [6.07, 6.45) is 0. The first kappa shape index (κ1) is 27.7. The van der Waals surface area contributed by atoms with Gasteiger partial charge >= 0.3 is 0 Å². The van der Waals surface area contributed by atoms with E-state index in [-0.39, 0.29) is 0 Å². The minimum Gasteiger partial charge on any atom is -0.456 e. The number of benzene rings is 7. The number of aryl methyl sites for hydroxylation is 4. The monoisotopic (exact) mass is 582 g/mol. The molecule has 0 aliphatic carbocycles. The third kappa shape index (κ3) is 3.74. The van der Waals surface area contributed by atoms with E-state index in [9.17, 15) is 0 Å². The van der Waals surface area contributed by atoms with Crippen LogP contribution in [-0.4, -0.2) is 0 Å². The summed E-state index contributed by atoms with van der Waals surface area (Å²) in [7, 11) is 0. The Labute approximate surface area is 265 Å². The first-order valence-corrected chi connectivity index (χ1v) is 16.0. The summed E-state index contributed by atoms with van der Waals surface area (Å²) in [4.78, 5) is 0. The van der Waals surface area contributed by atoms with Gasteiger partial charge < -0.3 is 4.42 Å². The Kier molecular flexibility index (Phi) is 6.03. The molecule has 8 aromatic rings. The molecule has 0 radical (unpaired) electrons. The van der Waals surface area contributed by atoms with E-state index in [4.69, 9.17) is 4.42 Å². The highest BCUT2D eigenvalue weighted by Gasteiger charge is 2.27. The Balaban J connectivity index is 1.71. The highest BCUT2D eigenvalue weighted by Crippen LogP contribution is 2.52. The zero-order chi connectivity index (χ0) is 31.3. The summed E-state index contributed by atoms with van der Waals surface area (Å²) in [5, 5.41) is 10.2. The highest BCUT2D eigenvalue weighted by molar-refractivity contribution is 6.28. The van der Waals surface area contributed by atoms with E-state index in [1.54, 1.807) is 0 Å². The number of hydrogen-bond donors (Lipinski definition) is 0. The predicted molar refractivity (Wildman–Crippen MR) is 195 cm³/mol. The van der Waals surface area contributed by atoms with Gasteiger partial charge in [-0.15, -0.1) is 0 Å². The maximum atomic E-state index is 6.63. The Morgan fingerprint density at radius 3 is 1.42 bits per heavy atom. The average molecular weight is 583 g/mol. The molecule has 0 fully saturated rings. The van der Waals surface area contributed by atoms with E-state index < -0.39 is 0 Å². The normalized spacial score (nSPS) is 12.0. The third-order valence-electron chi connectivity index (χ3n) is 11.1. The molecule has 0 spiro atoms. The SMILES string of the molecule is Cc1c(C)c(C)c2c(-c3cccc4oc5cc6ccccc6cc5c34)c3c(C)c(C)c(C)c(C)c3c(-c3ccccc3)c2c1C. The maximum Gasteiger partial charge on any atom is 0.136 e. The van der Waals surface area contributed by atoms with Gasteiger partial charge in [0.15, 0.2) is 0 Å². The molecule has 0 bridgehead atoms. The fraction of sp³-hybridized carbons (Fsp3) is 0.182. The molecule has 1 aromatic heterocycles. The van der Waals surface area contributed by atoms with Gasteiger partial charge in [0.2, 0.25) is 0 Å². The van der Waals surface area contributed by atoms with Crippen LogP contribution >= 0.6 is 0 Å². The predicted octanol–water partition coefficient (Wildman–Crippen LogP) is 12.8.